The third-order valence-corrected chi connectivity index (χ3v) is 0. The van der Waals surface area contributed by atoms with Crippen molar-refractivity contribution in [2.45, 2.75) is 0 Å². The third kappa shape index (κ3) is 24.3. The van der Waals surface area contributed by atoms with E-state index in [0.29, 0.717) is 0 Å². The van der Waals surface area contributed by atoms with Gasteiger partial charge in [0.2, 0.25) is 0 Å². The van der Waals surface area contributed by atoms with Crippen LogP contribution in [0.4, 0.5) is 0 Å². The van der Waals surface area contributed by atoms with Crippen molar-refractivity contribution in [1.82, 2.24) is 0 Å². The van der Waals surface area contributed by atoms with Gasteiger partial charge in [0.1, 0.15) is 0 Å². The third-order valence-electron chi connectivity index (χ3n) is 0. The van der Waals surface area contributed by atoms with Crippen LogP contribution in [-0.2, 0) is 28.4 Å². The summed E-state index contributed by atoms with van der Waals surface area (Å²) in [7, 11) is 0. The summed E-state index contributed by atoms with van der Waals surface area (Å²) in [5.41, 5.74) is 0. The SMILES string of the molecule is O.[Br][Cu][Br].[Cu]. The number of rotatable bonds is 0. The molecule has 0 amide bonds. The van der Waals surface area contributed by atoms with Crippen LogP contribution >= 0.6 is 28.2 Å². The van der Waals surface area contributed by atoms with Crippen molar-refractivity contribution in [3.05, 3.63) is 0 Å². The first kappa shape index (κ1) is 15.8. The smallest absolute Gasteiger partial charge is 0 e. The molecule has 0 heterocycles. The van der Waals surface area contributed by atoms with Crippen LogP contribution in [-0.4, -0.2) is 5.48 Å². The summed E-state index contributed by atoms with van der Waals surface area (Å²) in [4.78, 5) is 0. The molecule has 0 bridgehead atoms. The summed E-state index contributed by atoms with van der Waals surface area (Å²) in [6.07, 6.45) is 0. The second kappa shape index (κ2) is 16.7. The molecule has 2 N–H and O–H groups in total. The molecule has 0 unspecified atom stereocenters. The van der Waals surface area contributed by atoms with Crippen LogP contribution in [0.25, 0.3) is 0 Å². The largest absolute Gasteiger partial charge is 0 e. The first-order chi connectivity index (χ1) is 1.41. The standard InChI is InChI=1S/2BrH.2Cu.H2O/h2*1H;;;1H2/q;;;+2;/p-2. The molecule has 1 nitrogen and oxygen atoms in total. The second-order valence-electron chi connectivity index (χ2n) is 0.0431. The van der Waals surface area contributed by atoms with Crippen molar-refractivity contribution >= 4 is 28.2 Å². The van der Waals surface area contributed by atoms with Gasteiger partial charge in [-0.3, -0.25) is 0 Å². The number of hydrogen-bond donors (Lipinski definition) is 0. The summed E-state index contributed by atoms with van der Waals surface area (Å²) in [5.74, 6) is 0. The van der Waals surface area contributed by atoms with Crippen molar-refractivity contribution in [1.29, 1.82) is 0 Å². The molecule has 0 atom stereocenters. The Bertz CT molecular complexity index is 7.61. The first-order valence-electron chi connectivity index (χ1n) is 0.228. The summed E-state index contributed by atoms with van der Waals surface area (Å²) < 4.78 is 0. The van der Waals surface area contributed by atoms with Gasteiger partial charge in [-0.1, -0.05) is 0 Å². The van der Waals surface area contributed by atoms with Gasteiger partial charge < -0.3 is 5.48 Å². The van der Waals surface area contributed by atoms with Crippen LogP contribution in [0.15, 0.2) is 0 Å². The summed E-state index contributed by atoms with van der Waals surface area (Å²) in [5, 5.41) is 0. The van der Waals surface area contributed by atoms with Gasteiger partial charge in [0, 0.05) is 17.1 Å². The molecule has 0 aliphatic heterocycles. The molecule has 0 fully saturated rings. The average Bonchev–Trinajstić information content (AvgIpc) is 0.918. The van der Waals surface area contributed by atoms with Crippen LogP contribution < -0.4 is 0 Å². The van der Waals surface area contributed by atoms with Gasteiger partial charge in [0.05, 0.1) is 0 Å². The summed E-state index contributed by atoms with van der Waals surface area (Å²) >= 11 is 7.38. The van der Waals surface area contributed by atoms with Crippen molar-refractivity contribution in [3.63, 3.8) is 0 Å². The predicted molar refractivity (Wildman–Crippen MR) is 21.5 cm³/mol. The van der Waals surface area contributed by atoms with Crippen molar-refractivity contribution in [2.75, 3.05) is 0 Å². The summed E-state index contributed by atoms with van der Waals surface area (Å²) in [6, 6.07) is 0. The molecule has 0 aromatic carbocycles. The van der Waals surface area contributed by atoms with Crippen LogP contribution in [0, 0.1) is 0 Å². The Morgan fingerprint density at radius 1 is 1.20 bits per heavy atom. The van der Waals surface area contributed by atoms with E-state index in [0.717, 1.165) is 0 Å². The van der Waals surface area contributed by atoms with E-state index < -0.39 is 0 Å². The fraction of sp³-hybridized carbons (Fsp3) is 0. The minimum atomic E-state index is 0. The topological polar surface area (TPSA) is 31.5 Å². The molecule has 0 saturated heterocycles. The Balaban J connectivity index is -0.0000000200. The van der Waals surface area contributed by atoms with Gasteiger partial charge in [-0.2, -0.15) is 0 Å². The van der Waals surface area contributed by atoms with Crippen LogP contribution in [0.1, 0.15) is 0 Å². The van der Waals surface area contributed by atoms with Crippen molar-refractivity contribution in [2.24, 2.45) is 0 Å². The van der Waals surface area contributed by atoms with Gasteiger partial charge in [0.15, 0.2) is 0 Å². The second-order valence-corrected chi connectivity index (χ2v) is 4.80. The zero-order valence-electron chi connectivity index (χ0n) is 1.86. The van der Waals surface area contributed by atoms with Gasteiger partial charge >= 0.3 is 39.6 Å². The molecule has 0 aromatic heterocycles. The van der Waals surface area contributed by atoms with Crippen LogP contribution in [0.5, 0.6) is 0 Å². The fourth-order valence-electron chi connectivity index (χ4n) is 0. The van der Waals surface area contributed by atoms with E-state index in [1.807, 2.05) is 0 Å². The van der Waals surface area contributed by atoms with E-state index in [2.05, 4.69) is 28.2 Å². The molecule has 0 rings (SSSR count). The minimum Gasteiger partial charge on any atom is 0 e. The molecular formula is H2Br2Cu2O. The van der Waals surface area contributed by atoms with Crippen molar-refractivity contribution in [3.8, 4) is 0 Å². The quantitative estimate of drug-likeness (QED) is 0.595. The number of hydrogen-bond acceptors (Lipinski definition) is 0. The van der Waals surface area contributed by atoms with Crippen LogP contribution in [0.3, 0.4) is 0 Å². The Morgan fingerprint density at radius 3 is 1.20 bits per heavy atom. The maximum Gasteiger partial charge on any atom is 0 e. The molecule has 0 saturated carbocycles. The number of halogens is 2. The molecule has 0 aliphatic rings. The van der Waals surface area contributed by atoms with E-state index in [-0.39, 0.29) is 22.5 Å². The minimum absolute atomic E-state index is 0. The van der Waals surface area contributed by atoms with Gasteiger partial charge in [-0.25, -0.2) is 0 Å². The molecule has 5 heteroatoms. The van der Waals surface area contributed by atoms with E-state index in [1.54, 1.807) is 0 Å². The zero-order chi connectivity index (χ0) is 2.71. The molecule has 1 radical (unpaired) electrons. The summed E-state index contributed by atoms with van der Waals surface area (Å²) in [6.45, 7) is 0. The predicted octanol–water partition coefficient (Wildman–Crippen LogP) is 0.861. The van der Waals surface area contributed by atoms with Gasteiger partial charge in [0.25, 0.3) is 0 Å². The van der Waals surface area contributed by atoms with E-state index in [1.165, 1.54) is 11.3 Å². The van der Waals surface area contributed by atoms with E-state index in [4.69, 9.17) is 0 Å². The first-order valence-corrected chi connectivity index (χ1v) is 4.88. The Kier molecular flexibility index (Phi) is 52.8. The molecule has 5 heavy (non-hydrogen) atoms. The molecular weight excluding hydrogens is 303 g/mol. The molecule has 0 aliphatic carbocycles. The van der Waals surface area contributed by atoms with Crippen LogP contribution in [0.2, 0.25) is 0 Å². The maximum absolute atomic E-state index is 2.97. The average molecular weight is 305 g/mol. The normalized spacial score (nSPS) is 4.40. The van der Waals surface area contributed by atoms with Gasteiger partial charge in [-0.05, 0) is 0 Å². The molecule has 0 aromatic rings. The Hall–Kier alpha value is 1.96. The molecule has 44 valence electrons. The molecule has 0 spiro atoms. The zero-order valence-corrected chi connectivity index (χ0v) is 6.91. The maximum atomic E-state index is 2.97. The fourth-order valence-corrected chi connectivity index (χ4v) is 0. The van der Waals surface area contributed by atoms with Crippen molar-refractivity contribution < 1.29 is 33.9 Å². The van der Waals surface area contributed by atoms with E-state index in [9.17, 15) is 0 Å². The van der Waals surface area contributed by atoms with Gasteiger partial charge in [-0.15, -0.1) is 0 Å². The Labute approximate surface area is 61.6 Å². The van der Waals surface area contributed by atoms with E-state index >= 15 is 0 Å². The monoisotopic (exact) mass is 302 g/mol. The Morgan fingerprint density at radius 2 is 1.20 bits per heavy atom.